The van der Waals surface area contributed by atoms with Crippen LogP contribution in [0.15, 0.2) is 24.4 Å². The van der Waals surface area contributed by atoms with Crippen LogP contribution in [0.3, 0.4) is 0 Å². The maximum atomic E-state index is 10.6. The lowest BCUT2D eigenvalue weighted by Gasteiger charge is -2.27. The number of H-pyrrole nitrogens is 1. The molecule has 2 heterocycles. The quantitative estimate of drug-likeness (QED) is 0.793. The Balaban J connectivity index is 1.96. The van der Waals surface area contributed by atoms with Crippen LogP contribution in [0.2, 0.25) is 0 Å². The number of benzene rings is 1. The van der Waals surface area contributed by atoms with Crippen molar-refractivity contribution in [1.82, 2.24) is 10.3 Å². The van der Waals surface area contributed by atoms with Gasteiger partial charge in [0, 0.05) is 22.7 Å². The zero-order valence-electron chi connectivity index (χ0n) is 11.4. The third-order valence-electron chi connectivity index (χ3n) is 4.36. The number of nitrogens with one attached hydrogen (secondary N) is 2. The number of aromatic nitrogens is 1. The van der Waals surface area contributed by atoms with E-state index in [1.807, 2.05) is 6.20 Å². The lowest BCUT2D eigenvalue weighted by molar-refractivity contribution is 0.0902. The highest BCUT2D eigenvalue weighted by Gasteiger charge is 2.25. The minimum Gasteiger partial charge on any atom is -0.388 e. The van der Waals surface area contributed by atoms with Crippen molar-refractivity contribution < 1.29 is 5.11 Å². The monoisotopic (exact) mass is 258 g/mol. The highest BCUT2D eigenvalue weighted by Crippen LogP contribution is 2.34. The van der Waals surface area contributed by atoms with Gasteiger partial charge in [-0.3, -0.25) is 0 Å². The van der Waals surface area contributed by atoms with Crippen molar-refractivity contribution in [3.05, 3.63) is 35.5 Å². The van der Waals surface area contributed by atoms with Gasteiger partial charge < -0.3 is 15.4 Å². The van der Waals surface area contributed by atoms with Crippen molar-refractivity contribution >= 4 is 10.9 Å². The summed E-state index contributed by atoms with van der Waals surface area (Å²) in [6, 6.07) is 6.36. The van der Waals surface area contributed by atoms with E-state index in [-0.39, 0.29) is 6.10 Å². The lowest BCUT2D eigenvalue weighted by Crippen LogP contribution is -2.30. The Morgan fingerprint density at radius 2 is 2.11 bits per heavy atom. The van der Waals surface area contributed by atoms with E-state index in [0.29, 0.717) is 5.92 Å². The summed E-state index contributed by atoms with van der Waals surface area (Å²) in [6.07, 6.45) is 4.78. The standard InChI is InChI=1S/C16H22N2O/c1-2-11-4-3-5-13-14(10-18-15(11)13)16(19)12-6-8-17-9-7-12/h3-5,10,12,16-19H,2,6-9H2,1H3. The fourth-order valence-electron chi connectivity index (χ4n) is 3.19. The molecule has 3 nitrogen and oxygen atoms in total. The molecule has 1 aromatic heterocycles. The molecule has 3 heteroatoms. The van der Waals surface area contributed by atoms with Gasteiger partial charge in [0.1, 0.15) is 0 Å². The number of aliphatic hydroxyl groups is 1. The van der Waals surface area contributed by atoms with Crippen LogP contribution >= 0.6 is 0 Å². The molecule has 1 aromatic carbocycles. The number of hydrogen-bond donors (Lipinski definition) is 3. The summed E-state index contributed by atoms with van der Waals surface area (Å²) in [5, 5.41) is 15.2. The third-order valence-corrected chi connectivity index (χ3v) is 4.36. The summed E-state index contributed by atoms with van der Waals surface area (Å²) in [5.41, 5.74) is 3.58. The molecular formula is C16H22N2O. The summed E-state index contributed by atoms with van der Waals surface area (Å²) in [6.45, 7) is 4.20. The first-order valence-corrected chi connectivity index (χ1v) is 7.29. The molecule has 0 saturated carbocycles. The maximum absolute atomic E-state index is 10.6. The first-order valence-electron chi connectivity index (χ1n) is 7.29. The number of aromatic amines is 1. The molecule has 0 amide bonds. The van der Waals surface area contributed by atoms with Crippen LogP contribution in [0, 0.1) is 5.92 Å². The van der Waals surface area contributed by atoms with E-state index in [9.17, 15) is 5.11 Å². The molecule has 1 saturated heterocycles. The van der Waals surface area contributed by atoms with Gasteiger partial charge in [0.05, 0.1) is 6.10 Å². The van der Waals surface area contributed by atoms with Gasteiger partial charge in [-0.15, -0.1) is 0 Å². The zero-order valence-corrected chi connectivity index (χ0v) is 11.4. The molecule has 3 rings (SSSR count). The molecule has 1 fully saturated rings. The molecule has 1 unspecified atom stereocenters. The Bertz CT molecular complexity index is 555. The average Bonchev–Trinajstić information content (AvgIpc) is 2.91. The van der Waals surface area contributed by atoms with Crippen molar-refractivity contribution in [3.8, 4) is 0 Å². The number of aryl methyl sites for hydroxylation is 1. The SMILES string of the molecule is CCc1cccc2c(C(O)C3CCNCC3)c[nH]c12. The highest BCUT2D eigenvalue weighted by atomic mass is 16.3. The molecule has 2 aromatic rings. The average molecular weight is 258 g/mol. The van der Waals surface area contributed by atoms with Gasteiger partial charge in [0.15, 0.2) is 0 Å². The number of aliphatic hydroxyl groups excluding tert-OH is 1. The largest absolute Gasteiger partial charge is 0.388 e. The lowest BCUT2D eigenvalue weighted by atomic mass is 9.88. The second-order valence-electron chi connectivity index (χ2n) is 5.47. The molecule has 0 spiro atoms. The van der Waals surface area contributed by atoms with Gasteiger partial charge in [-0.2, -0.15) is 0 Å². The molecule has 1 atom stereocenters. The van der Waals surface area contributed by atoms with E-state index >= 15 is 0 Å². The molecule has 0 aliphatic carbocycles. The Morgan fingerprint density at radius 3 is 2.84 bits per heavy atom. The summed E-state index contributed by atoms with van der Waals surface area (Å²) >= 11 is 0. The number of para-hydroxylation sites is 1. The summed E-state index contributed by atoms with van der Waals surface area (Å²) < 4.78 is 0. The second kappa shape index (κ2) is 5.35. The minimum absolute atomic E-state index is 0.344. The van der Waals surface area contributed by atoms with Crippen molar-refractivity contribution in [2.45, 2.75) is 32.3 Å². The topological polar surface area (TPSA) is 48.0 Å². The van der Waals surface area contributed by atoms with Gasteiger partial charge in [-0.25, -0.2) is 0 Å². The van der Waals surface area contributed by atoms with E-state index in [4.69, 9.17) is 0 Å². The Hall–Kier alpha value is -1.32. The van der Waals surface area contributed by atoms with Crippen LogP contribution in [0.1, 0.15) is 37.0 Å². The number of piperidine rings is 1. The van der Waals surface area contributed by atoms with Gasteiger partial charge in [-0.1, -0.05) is 25.1 Å². The predicted molar refractivity (Wildman–Crippen MR) is 78.2 cm³/mol. The Labute approximate surface area is 114 Å². The van der Waals surface area contributed by atoms with Crippen molar-refractivity contribution in [2.24, 2.45) is 5.92 Å². The molecule has 1 aliphatic heterocycles. The highest BCUT2D eigenvalue weighted by molar-refractivity contribution is 5.86. The fraction of sp³-hybridized carbons (Fsp3) is 0.500. The van der Waals surface area contributed by atoms with Crippen LogP contribution in [0.4, 0.5) is 0 Å². The van der Waals surface area contributed by atoms with Gasteiger partial charge in [-0.05, 0) is 43.8 Å². The van der Waals surface area contributed by atoms with Crippen molar-refractivity contribution in [2.75, 3.05) is 13.1 Å². The minimum atomic E-state index is -0.344. The molecule has 0 radical (unpaired) electrons. The fourth-order valence-corrected chi connectivity index (χ4v) is 3.19. The van der Waals surface area contributed by atoms with Crippen LogP contribution in [-0.2, 0) is 6.42 Å². The molecule has 19 heavy (non-hydrogen) atoms. The van der Waals surface area contributed by atoms with Crippen molar-refractivity contribution in [1.29, 1.82) is 0 Å². The maximum Gasteiger partial charge on any atom is 0.0839 e. The number of rotatable bonds is 3. The smallest absolute Gasteiger partial charge is 0.0839 e. The van der Waals surface area contributed by atoms with E-state index in [2.05, 4.69) is 35.4 Å². The van der Waals surface area contributed by atoms with E-state index < -0.39 is 0 Å². The van der Waals surface area contributed by atoms with Crippen LogP contribution in [-0.4, -0.2) is 23.2 Å². The third kappa shape index (κ3) is 2.28. The molecule has 1 aliphatic rings. The molecule has 0 bridgehead atoms. The Morgan fingerprint density at radius 1 is 1.32 bits per heavy atom. The van der Waals surface area contributed by atoms with Crippen LogP contribution in [0.5, 0.6) is 0 Å². The Kier molecular flexibility index (Phi) is 3.58. The van der Waals surface area contributed by atoms with E-state index in [1.165, 1.54) is 16.5 Å². The molecular weight excluding hydrogens is 236 g/mol. The van der Waals surface area contributed by atoms with Gasteiger partial charge >= 0.3 is 0 Å². The predicted octanol–water partition coefficient (Wildman–Crippen LogP) is 2.76. The summed E-state index contributed by atoms with van der Waals surface area (Å²) in [5.74, 6) is 0.380. The molecule has 3 N–H and O–H groups in total. The second-order valence-corrected chi connectivity index (χ2v) is 5.47. The van der Waals surface area contributed by atoms with Gasteiger partial charge in [0.25, 0.3) is 0 Å². The van der Waals surface area contributed by atoms with Gasteiger partial charge in [0.2, 0.25) is 0 Å². The first-order chi connectivity index (χ1) is 9.31. The number of hydrogen-bond acceptors (Lipinski definition) is 2. The first kappa shape index (κ1) is 12.7. The van der Waals surface area contributed by atoms with Crippen molar-refractivity contribution in [3.63, 3.8) is 0 Å². The van der Waals surface area contributed by atoms with Crippen LogP contribution < -0.4 is 5.32 Å². The van der Waals surface area contributed by atoms with Crippen LogP contribution in [0.25, 0.3) is 10.9 Å². The van der Waals surface area contributed by atoms with E-state index in [1.54, 1.807) is 0 Å². The normalized spacial score (nSPS) is 18.8. The number of fused-ring (bicyclic) bond motifs is 1. The summed E-state index contributed by atoms with van der Waals surface area (Å²) in [4.78, 5) is 3.35. The molecule has 102 valence electrons. The van der Waals surface area contributed by atoms with E-state index in [0.717, 1.165) is 37.9 Å². The zero-order chi connectivity index (χ0) is 13.2. The summed E-state index contributed by atoms with van der Waals surface area (Å²) in [7, 11) is 0.